The van der Waals surface area contributed by atoms with Gasteiger partial charge in [0.1, 0.15) is 17.9 Å². The largest absolute Gasteiger partial charge is 0.157 e. The van der Waals surface area contributed by atoms with Crippen molar-refractivity contribution < 1.29 is 0 Å². The van der Waals surface area contributed by atoms with Gasteiger partial charge >= 0.3 is 0 Å². The van der Waals surface area contributed by atoms with Crippen LogP contribution in [0.4, 0.5) is 0 Å². The van der Waals surface area contributed by atoms with Crippen LogP contribution in [0.5, 0.6) is 0 Å². The Labute approximate surface area is 139 Å². The predicted molar refractivity (Wildman–Crippen MR) is 103 cm³/mol. The van der Waals surface area contributed by atoms with Crippen LogP contribution >= 0.6 is 41.3 Å². The summed E-state index contributed by atoms with van der Waals surface area (Å²) in [7, 11) is -1.50. The van der Waals surface area contributed by atoms with Crippen LogP contribution in [-0.4, -0.2) is 6.16 Å². The number of hydrogen-bond acceptors (Lipinski definition) is 3. The molecule has 0 aromatic carbocycles. The topological polar surface area (TPSA) is 0 Å². The van der Waals surface area contributed by atoms with E-state index in [2.05, 4.69) is 71.1 Å². The van der Waals surface area contributed by atoms with Crippen molar-refractivity contribution in [2.75, 3.05) is 6.16 Å². The maximum absolute atomic E-state index is 2.42. The molecule has 21 heavy (non-hydrogen) atoms. The molecule has 0 aliphatic heterocycles. The van der Waals surface area contributed by atoms with Crippen LogP contribution < -0.4 is 15.2 Å². The maximum atomic E-state index is 2.42. The van der Waals surface area contributed by atoms with E-state index in [1.54, 1.807) is 0 Å². The Bertz CT molecular complexity index is 603. The van der Waals surface area contributed by atoms with Crippen molar-refractivity contribution in [3.05, 3.63) is 62.8 Å². The molecule has 3 aromatic heterocycles. The summed E-state index contributed by atoms with van der Waals surface area (Å²) in [6.45, 7) is 4.40. The molecule has 0 bridgehead atoms. The lowest BCUT2D eigenvalue weighted by molar-refractivity contribution is 1.37. The minimum atomic E-state index is -1.50. The highest BCUT2D eigenvalue weighted by molar-refractivity contribution is 7.99. The molecule has 0 spiro atoms. The lowest BCUT2D eigenvalue weighted by Crippen LogP contribution is -2.30. The van der Waals surface area contributed by atoms with Gasteiger partial charge < -0.3 is 0 Å². The van der Waals surface area contributed by atoms with Crippen LogP contribution in [0.1, 0.15) is 13.8 Å². The van der Waals surface area contributed by atoms with E-state index in [0.29, 0.717) is 0 Å². The molecule has 4 heteroatoms. The van der Waals surface area contributed by atoms with E-state index in [0.717, 1.165) is 6.16 Å². The van der Waals surface area contributed by atoms with Crippen LogP contribution in [0, 0.1) is 0 Å². The van der Waals surface area contributed by atoms with Crippen molar-refractivity contribution >= 4 is 56.5 Å². The van der Waals surface area contributed by atoms with Gasteiger partial charge in [0.05, 0.1) is 6.16 Å². The Balaban J connectivity index is 2.23. The zero-order valence-electron chi connectivity index (χ0n) is 12.2. The fourth-order valence-corrected chi connectivity index (χ4v) is 10.8. The summed E-state index contributed by atoms with van der Waals surface area (Å²) >= 11 is 5.53. The smallest absolute Gasteiger partial charge is 0.148 e. The maximum Gasteiger partial charge on any atom is 0.157 e. The summed E-state index contributed by atoms with van der Waals surface area (Å²) in [4.78, 5) is 0. The SMILES string of the molecule is CC(C)=CC[P+](c1ccsc1)(c1ccsc1)c1cccs1. The van der Waals surface area contributed by atoms with Crippen molar-refractivity contribution in [3.8, 4) is 0 Å². The highest BCUT2D eigenvalue weighted by atomic mass is 32.1. The first kappa shape index (κ1) is 15.2. The molecule has 0 amide bonds. The van der Waals surface area contributed by atoms with Crippen LogP contribution in [0.2, 0.25) is 0 Å². The molecule has 0 N–H and O–H groups in total. The molecule has 0 saturated carbocycles. The van der Waals surface area contributed by atoms with E-state index in [9.17, 15) is 0 Å². The quantitative estimate of drug-likeness (QED) is 0.442. The molecule has 0 saturated heterocycles. The van der Waals surface area contributed by atoms with Crippen molar-refractivity contribution in [1.82, 2.24) is 0 Å². The third-order valence-electron chi connectivity index (χ3n) is 3.55. The van der Waals surface area contributed by atoms with Gasteiger partial charge in [-0.3, -0.25) is 0 Å². The van der Waals surface area contributed by atoms with E-state index < -0.39 is 7.26 Å². The van der Waals surface area contributed by atoms with Crippen LogP contribution in [-0.2, 0) is 0 Å². The second-order valence-electron chi connectivity index (χ2n) is 5.19. The minimum absolute atomic E-state index is 1.13. The number of thiophene rings is 3. The fraction of sp³-hybridized carbons (Fsp3) is 0.176. The van der Waals surface area contributed by atoms with Crippen LogP contribution in [0.15, 0.2) is 62.8 Å². The minimum Gasteiger partial charge on any atom is -0.148 e. The zero-order chi connectivity index (χ0) is 14.7. The molecule has 108 valence electrons. The van der Waals surface area contributed by atoms with Gasteiger partial charge in [0.25, 0.3) is 0 Å². The Morgan fingerprint density at radius 1 is 1.00 bits per heavy atom. The van der Waals surface area contributed by atoms with Crippen molar-refractivity contribution in [3.63, 3.8) is 0 Å². The van der Waals surface area contributed by atoms with E-state index in [1.807, 2.05) is 34.0 Å². The first-order chi connectivity index (χ1) is 10.2. The Hall–Kier alpha value is -0.730. The average Bonchev–Trinajstić information content (AvgIpc) is 3.24. The predicted octanol–water partition coefficient (Wildman–Crippen LogP) is 5.13. The first-order valence-electron chi connectivity index (χ1n) is 6.84. The molecular formula is C17H18PS3+. The molecular weight excluding hydrogens is 331 g/mol. The molecule has 3 rings (SSSR count). The van der Waals surface area contributed by atoms with Gasteiger partial charge in [0, 0.05) is 10.8 Å². The molecule has 0 nitrogen and oxygen atoms in total. The zero-order valence-corrected chi connectivity index (χ0v) is 15.5. The van der Waals surface area contributed by atoms with Gasteiger partial charge in [0.2, 0.25) is 0 Å². The molecule has 3 heterocycles. The molecule has 0 atom stereocenters. The third-order valence-corrected chi connectivity index (χ3v) is 11.1. The van der Waals surface area contributed by atoms with Gasteiger partial charge in [0.15, 0.2) is 4.62 Å². The van der Waals surface area contributed by atoms with E-state index in [1.165, 1.54) is 20.8 Å². The van der Waals surface area contributed by atoms with E-state index in [-0.39, 0.29) is 0 Å². The second-order valence-corrected chi connectivity index (χ2v) is 11.5. The number of hydrogen-bond donors (Lipinski definition) is 0. The van der Waals surface area contributed by atoms with Gasteiger partial charge in [-0.25, -0.2) is 0 Å². The van der Waals surface area contributed by atoms with E-state index >= 15 is 0 Å². The normalized spacial score (nSPS) is 11.5. The first-order valence-corrected chi connectivity index (χ1v) is 11.6. The molecule has 0 aliphatic rings. The van der Waals surface area contributed by atoms with Gasteiger partial charge in [-0.1, -0.05) is 5.57 Å². The summed E-state index contributed by atoms with van der Waals surface area (Å²) < 4.78 is 1.54. The monoisotopic (exact) mass is 349 g/mol. The van der Waals surface area contributed by atoms with Gasteiger partial charge in [-0.05, 0) is 60.3 Å². The van der Waals surface area contributed by atoms with Crippen molar-refractivity contribution in [1.29, 1.82) is 0 Å². The molecule has 0 unspecified atom stereocenters. The van der Waals surface area contributed by atoms with Gasteiger partial charge in [-0.2, -0.15) is 0 Å². The molecule has 0 aliphatic carbocycles. The Kier molecular flexibility index (Phi) is 4.75. The van der Waals surface area contributed by atoms with Crippen LogP contribution in [0.3, 0.4) is 0 Å². The van der Waals surface area contributed by atoms with Gasteiger partial charge in [-0.15, -0.1) is 34.0 Å². The lowest BCUT2D eigenvalue weighted by atomic mass is 10.3. The standard InChI is InChI=1S/C17H18PS3/c1-14(2)5-8-18(15-6-10-19-12-15,16-7-11-20-13-16)17-4-3-9-21-17/h3-7,9-13H,8H2,1-2H3/q+1. The highest BCUT2D eigenvalue weighted by Gasteiger charge is 2.46. The fourth-order valence-electron chi connectivity index (χ4n) is 2.46. The second kappa shape index (κ2) is 6.58. The Morgan fingerprint density at radius 2 is 1.67 bits per heavy atom. The van der Waals surface area contributed by atoms with Crippen molar-refractivity contribution in [2.24, 2.45) is 0 Å². The van der Waals surface area contributed by atoms with E-state index in [4.69, 9.17) is 0 Å². The summed E-state index contributed by atoms with van der Waals surface area (Å²) in [5, 5.41) is 14.4. The Morgan fingerprint density at radius 3 is 2.10 bits per heavy atom. The molecule has 3 aromatic rings. The summed E-state index contributed by atoms with van der Waals surface area (Å²) in [5.74, 6) is 0. The van der Waals surface area contributed by atoms with Crippen LogP contribution in [0.25, 0.3) is 0 Å². The summed E-state index contributed by atoms with van der Waals surface area (Å²) in [6, 6.07) is 9.17. The third kappa shape index (κ3) is 2.93. The average molecular weight is 350 g/mol. The summed E-state index contributed by atoms with van der Waals surface area (Å²) in [6.07, 6.45) is 3.55. The van der Waals surface area contributed by atoms with Crippen molar-refractivity contribution in [2.45, 2.75) is 13.8 Å². The lowest BCUT2D eigenvalue weighted by Gasteiger charge is -2.22. The molecule has 0 fully saturated rings. The number of rotatable bonds is 5. The molecule has 0 radical (unpaired) electrons. The number of allylic oxidation sites excluding steroid dienone is 2. The highest BCUT2D eigenvalue weighted by Crippen LogP contribution is 2.57. The summed E-state index contributed by atoms with van der Waals surface area (Å²) in [5.41, 5.74) is 1.40.